The summed E-state index contributed by atoms with van der Waals surface area (Å²) in [4.78, 5) is 11.1. The van der Waals surface area contributed by atoms with E-state index in [-0.39, 0.29) is 0 Å². The van der Waals surface area contributed by atoms with Crippen LogP contribution in [0.1, 0.15) is 16.1 Å². The Morgan fingerprint density at radius 3 is 2.69 bits per heavy atom. The minimum atomic E-state index is -0.539. The summed E-state index contributed by atoms with van der Waals surface area (Å²) in [6.45, 7) is 1.88. The number of nitrogens with two attached hydrogens (primary N) is 2. The molecule has 1 amide bonds. The van der Waals surface area contributed by atoms with Gasteiger partial charge < -0.3 is 11.5 Å². The van der Waals surface area contributed by atoms with Gasteiger partial charge in [-0.15, -0.1) is 0 Å². The molecule has 0 saturated heterocycles. The molecule has 0 aliphatic heterocycles. The van der Waals surface area contributed by atoms with E-state index in [4.69, 9.17) is 11.5 Å². The van der Waals surface area contributed by atoms with E-state index in [0.29, 0.717) is 16.9 Å². The molecule has 0 aliphatic carbocycles. The lowest BCUT2D eigenvalue weighted by Crippen LogP contribution is -2.15. The van der Waals surface area contributed by atoms with Crippen LogP contribution in [-0.4, -0.2) is 15.7 Å². The number of hydrogen-bond acceptors (Lipinski definition) is 3. The second-order valence-corrected chi connectivity index (χ2v) is 3.50. The van der Waals surface area contributed by atoms with Crippen LogP contribution in [0.5, 0.6) is 0 Å². The molecule has 0 unspecified atom stereocenters. The third-order valence-corrected chi connectivity index (χ3v) is 2.32. The maximum Gasteiger partial charge on any atom is 0.250 e. The maximum absolute atomic E-state index is 11.1. The van der Waals surface area contributed by atoms with Crippen molar-refractivity contribution in [3.05, 3.63) is 41.7 Å². The zero-order valence-corrected chi connectivity index (χ0v) is 8.84. The lowest BCUT2D eigenvalue weighted by atomic mass is 10.1. The average molecular weight is 216 g/mol. The second kappa shape index (κ2) is 3.69. The van der Waals surface area contributed by atoms with Gasteiger partial charge in [-0.25, -0.2) is 4.68 Å². The van der Waals surface area contributed by atoms with Crippen molar-refractivity contribution in [2.75, 3.05) is 5.73 Å². The summed E-state index contributed by atoms with van der Waals surface area (Å²) >= 11 is 0. The molecule has 0 atom stereocenters. The molecule has 0 radical (unpaired) electrons. The topological polar surface area (TPSA) is 86.9 Å². The molecule has 5 heteroatoms. The number of aryl methyl sites for hydroxylation is 1. The summed E-state index contributed by atoms with van der Waals surface area (Å²) in [5.41, 5.74) is 13.3. The van der Waals surface area contributed by atoms with E-state index < -0.39 is 5.91 Å². The number of hydrogen-bond donors (Lipinski definition) is 2. The van der Waals surface area contributed by atoms with Crippen LogP contribution in [0.4, 0.5) is 5.69 Å². The number of aromatic nitrogens is 2. The van der Waals surface area contributed by atoms with E-state index >= 15 is 0 Å². The van der Waals surface area contributed by atoms with Gasteiger partial charge in [0.2, 0.25) is 0 Å². The largest absolute Gasteiger partial charge is 0.396 e. The molecule has 0 aliphatic rings. The number of primary amides is 1. The van der Waals surface area contributed by atoms with Crippen LogP contribution in [0.3, 0.4) is 0 Å². The Balaban J connectivity index is 2.58. The van der Waals surface area contributed by atoms with Crippen molar-refractivity contribution in [2.45, 2.75) is 6.92 Å². The van der Waals surface area contributed by atoms with Crippen molar-refractivity contribution < 1.29 is 4.79 Å². The lowest BCUT2D eigenvalue weighted by molar-refractivity contribution is 0.100. The third-order valence-electron chi connectivity index (χ3n) is 2.32. The number of nitrogens with zero attached hydrogens (tertiary/aromatic N) is 2. The number of anilines is 1. The number of nitrogen functional groups attached to an aromatic ring is 1. The maximum atomic E-state index is 11.1. The molecule has 1 heterocycles. The predicted molar refractivity (Wildman–Crippen MR) is 61.2 cm³/mol. The molecule has 0 fully saturated rings. The zero-order valence-electron chi connectivity index (χ0n) is 8.84. The number of carbonyl (C=O) groups is 1. The van der Waals surface area contributed by atoms with Crippen molar-refractivity contribution in [1.82, 2.24) is 9.78 Å². The lowest BCUT2D eigenvalue weighted by Gasteiger charge is -2.08. The predicted octanol–water partition coefficient (Wildman–Crippen LogP) is 0.862. The molecule has 2 aromatic rings. The Kier molecular flexibility index (Phi) is 2.36. The number of benzene rings is 1. The van der Waals surface area contributed by atoms with Crippen LogP contribution in [0.25, 0.3) is 5.69 Å². The van der Waals surface area contributed by atoms with Gasteiger partial charge in [0.1, 0.15) is 0 Å². The number of rotatable bonds is 2. The smallest absolute Gasteiger partial charge is 0.250 e. The highest BCUT2D eigenvalue weighted by Crippen LogP contribution is 2.20. The summed E-state index contributed by atoms with van der Waals surface area (Å²) in [7, 11) is 0. The highest BCUT2D eigenvalue weighted by Gasteiger charge is 2.10. The first-order valence-electron chi connectivity index (χ1n) is 4.80. The van der Waals surface area contributed by atoms with E-state index in [2.05, 4.69) is 5.10 Å². The quantitative estimate of drug-likeness (QED) is 0.730. The molecule has 0 spiro atoms. The molecule has 82 valence electrons. The Morgan fingerprint density at radius 1 is 1.38 bits per heavy atom. The fourth-order valence-corrected chi connectivity index (χ4v) is 1.52. The van der Waals surface area contributed by atoms with E-state index in [1.54, 1.807) is 29.1 Å². The molecule has 0 saturated carbocycles. The first kappa shape index (κ1) is 10.2. The summed E-state index contributed by atoms with van der Waals surface area (Å²) in [5.74, 6) is -0.539. The van der Waals surface area contributed by atoms with Crippen molar-refractivity contribution in [1.29, 1.82) is 0 Å². The second-order valence-electron chi connectivity index (χ2n) is 3.50. The Hall–Kier alpha value is -2.30. The van der Waals surface area contributed by atoms with Gasteiger partial charge in [-0.2, -0.15) is 5.10 Å². The fraction of sp³-hybridized carbons (Fsp3) is 0.0909. The zero-order chi connectivity index (χ0) is 11.7. The molecule has 4 N–H and O–H groups in total. The van der Waals surface area contributed by atoms with Crippen LogP contribution in [-0.2, 0) is 0 Å². The Bertz CT molecular complexity index is 545. The Labute approximate surface area is 92.7 Å². The van der Waals surface area contributed by atoms with Crippen molar-refractivity contribution in [3.63, 3.8) is 0 Å². The molecule has 5 nitrogen and oxygen atoms in total. The van der Waals surface area contributed by atoms with E-state index in [9.17, 15) is 4.79 Å². The van der Waals surface area contributed by atoms with Gasteiger partial charge in [0.25, 0.3) is 5.91 Å². The van der Waals surface area contributed by atoms with Crippen molar-refractivity contribution in [3.8, 4) is 5.69 Å². The highest BCUT2D eigenvalue weighted by atomic mass is 16.1. The van der Waals surface area contributed by atoms with Crippen LogP contribution in [0, 0.1) is 6.92 Å². The summed E-state index contributed by atoms with van der Waals surface area (Å²) in [6.07, 6.45) is 1.78. The number of para-hydroxylation sites is 1. The van der Waals surface area contributed by atoms with Gasteiger partial charge in [0, 0.05) is 6.20 Å². The number of carbonyl (C=O) groups excluding carboxylic acids is 1. The van der Waals surface area contributed by atoms with Crippen molar-refractivity contribution >= 4 is 11.6 Å². The molecule has 0 bridgehead atoms. The summed E-state index contributed by atoms with van der Waals surface area (Å²) < 4.78 is 1.62. The summed E-state index contributed by atoms with van der Waals surface area (Å²) in [6, 6.07) is 6.96. The van der Waals surface area contributed by atoms with Gasteiger partial charge in [0.15, 0.2) is 0 Å². The first-order valence-corrected chi connectivity index (χ1v) is 4.80. The molecular formula is C11H12N4O. The minimum absolute atomic E-state index is 0.311. The van der Waals surface area contributed by atoms with Crippen LogP contribution in [0.15, 0.2) is 30.5 Å². The normalized spacial score (nSPS) is 10.3. The van der Waals surface area contributed by atoms with Gasteiger partial charge in [-0.05, 0) is 25.1 Å². The van der Waals surface area contributed by atoms with Gasteiger partial charge >= 0.3 is 0 Å². The molecular weight excluding hydrogens is 204 g/mol. The highest BCUT2D eigenvalue weighted by molar-refractivity contribution is 5.99. The minimum Gasteiger partial charge on any atom is -0.396 e. The SMILES string of the molecule is Cc1ccn(-c2cccc(C(N)=O)c2N)n1. The van der Waals surface area contributed by atoms with E-state index in [0.717, 1.165) is 5.69 Å². The standard InChI is InChI=1S/C11H12N4O/c1-7-5-6-15(14-7)9-4-2-3-8(10(9)12)11(13)16/h2-6H,12H2,1H3,(H2,13,16). The van der Waals surface area contributed by atoms with E-state index in [1.165, 1.54) is 0 Å². The fourth-order valence-electron chi connectivity index (χ4n) is 1.52. The Morgan fingerprint density at radius 2 is 2.12 bits per heavy atom. The average Bonchev–Trinajstić information content (AvgIpc) is 2.64. The third kappa shape index (κ3) is 1.63. The molecule has 1 aromatic heterocycles. The van der Waals surface area contributed by atoms with Gasteiger partial charge in [-0.3, -0.25) is 4.79 Å². The van der Waals surface area contributed by atoms with Gasteiger partial charge in [0.05, 0.1) is 22.6 Å². The van der Waals surface area contributed by atoms with Crippen molar-refractivity contribution in [2.24, 2.45) is 5.73 Å². The monoisotopic (exact) mass is 216 g/mol. The van der Waals surface area contributed by atoms with Crippen LogP contribution in [0.2, 0.25) is 0 Å². The molecule has 1 aromatic carbocycles. The molecule has 2 rings (SSSR count). The van der Waals surface area contributed by atoms with Gasteiger partial charge in [-0.1, -0.05) is 6.07 Å². The van der Waals surface area contributed by atoms with E-state index in [1.807, 2.05) is 13.0 Å². The first-order chi connectivity index (χ1) is 7.59. The van der Waals surface area contributed by atoms with Crippen LogP contribution >= 0.6 is 0 Å². The number of amides is 1. The molecule has 16 heavy (non-hydrogen) atoms. The summed E-state index contributed by atoms with van der Waals surface area (Å²) in [5, 5.41) is 4.23. The van der Waals surface area contributed by atoms with Crippen LogP contribution < -0.4 is 11.5 Å².